The van der Waals surface area contributed by atoms with Gasteiger partial charge in [0.1, 0.15) is 11.8 Å². The Morgan fingerprint density at radius 3 is 1.82 bits per heavy atom. The summed E-state index contributed by atoms with van der Waals surface area (Å²) >= 11 is 0. The average molecular weight is 697 g/mol. The number of amides is 4. The molecule has 13 nitrogen and oxygen atoms in total. The number of rotatable bonds is 22. The number of nitrogens with zero attached hydrogens (tertiary/aromatic N) is 1. The quantitative estimate of drug-likeness (QED) is 0.0777. The second kappa shape index (κ2) is 20.1. The van der Waals surface area contributed by atoms with Gasteiger partial charge in [0.2, 0.25) is 23.6 Å². The number of phenols is 1. The fourth-order valence-corrected chi connectivity index (χ4v) is 5.49. The number of nitrogens with two attached hydrogens (primary N) is 1. The number of carbonyl (C=O) groups excluding carboxylic acids is 6. The van der Waals surface area contributed by atoms with E-state index in [0.29, 0.717) is 22.9 Å². The van der Waals surface area contributed by atoms with E-state index < -0.39 is 60.1 Å². The van der Waals surface area contributed by atoms with E-state index in [1.165, 1.54) is 19.1 Å². The van der Waals surface area contributed by atoms with Crippen molar-refractivity contribution in [2.45, 2.75) is 76.9 Å². The molecule has 0 aliphatic carbocycles. The van der Waals surface area contributed by atoms with Gasteiger partial charge in [-0.1, -0.05) is 49.4 Å². The van der Waals surface area contributed by atoms with Gasteiger partial charge < -0.3 is 36.4 Å². The fourth-order valence-electron chi connectivity index (χ4n) is 5.49. The summed E-state index contributed by atoms with van der Waals surface area (Å²) in [5.74, 6) is -4.97. The van der Waals surface area contributed by atoms with Crippen LogP contribution in [0.1, 0.15) is 57.1 Å². The molecule has 2 rings (SSSR count). The van der Waals surface area contributed by atoms with Crippen LogP contribution in [0.4, 0.5) is 0 Å². The zero-order valence-corrected chi connectivity index (χ0v) is 29.8. The van der Waals surface area contributed by atoms with Gasteiger partial charge in [-0.3, -0.25) is 28.8 Å². The molecule has 0 spiro atoms. The number of hydrogen-bond acceptors (Lipinski definition) is 8. The standard InChI is InChI=1S/C37H53N5O8/c1-24(19-33(46)30(39-25(2)44)20-26-11-7-6-8-12-26)36(49)40-31(21-27-14-16-29(45)17-15-27)34(47)22-28(13-9-10-18-42(3,4)5)37(50)41-32(23-43)35(38)48/h6-8,11-12,14-17,24,28,30-32,43H,9-10,13,18-23H2,1-5H3,(H5-,38,39,40,41,44,45,48,49,50)/p+1/t24-,28-,30+,31+,32+/m1/s1. The molecule has 0 saturated heterocycles. The summed E-state index contributed by atoms with van der Waals surface area (Å²) in [6, 6.07) is 12.1. The first-order valence-corrected chi connectivity index (χ1v) is 16.9. The summed E-state index contributed by atoms with van der Waals surface area (Å²) in [6.45, 7) is 3.00. The average Bonchev–Trinajstić information content (AvgIpc) is 3.04. The monoisotopic (exact) mass is 696 g/mol. The highest BCUT2D eigenvalue weighted by atomic mass is 16.3. The van der Waals surface area contributed by atoms with Crippen LogP contribution < -0.4 is 21.7 Å². The van der Waals surface area contributed by atoms with Crippen molar-refractivity contribution in [1.82, 2.24) is 16.0 Å². The molecule has 2 aromatic rings. The lowest BCUT2D eigenvalue weighted by Gasteiger charge is -2.25. The minimum Gasteiger partial charge on any atom is -0.508 e. The molecule has 0 fully saturated rings. The number of aliphatic hydroxyl groups is 1. The first-order chi connectivity index (χ1) is 23.5. The second-order valence-corrected chi connectivity index (χ2v) is 14.0. The number of aliphatic hydroxyl groups excluding tert-OH is 1. The van der Waals surface area contributed by atoms with Crippen molar-refractivity contribution in [3.63, 3.8) is 0 Å². The highest BCUT2D eigenvalue weighted by molar-refractivity contribution is 5.96. The van der Waals surface area contributed by atoms with Gasteiger partial charge in [0.05, 0.1) is 46.4 Å². The number of ketones is 2. The maximum atomic E-state index is 13.9. The minimum absolute atomic E-state index is 0.0236. The second-order valence-electron chi connectivity index (χ2n) is 14.0. The van der Waals surface area contributed by atoms with Crippen LogP contribution in [0.3, 0.4) is 0 Å². The highest BCUT2D eigenvalue weighted by Gasteiger charge is 2.32. The van der Waals surface area contributed by atoms with E-state index in [1.54, 1.807) is 19.1 Å². The molecule has 0 aromatic heterocycles. The molecule has 0 radical (unpaired) electrons. The Balaban J connectivity index is 2.27. The number of carbonyl (C=O) groups is 6. The van der Waals surface area contributed by atoms with Gasteiger partial charge >= 0.3 is 0 Å². The van der Waals surface area contributed by atoms with Gasteiger partial charge in [-0.05, 0) is 55.4 Å². The van der Waals surface area contributed by atoms with Crippen molar-refractivity contribution < 1.29 is 43.5 Å². The van der Waals surface area contributed by atoms with Gasteiger partial charge in [0, 0.05) is 31.6 Å². The molecular weight excluding hydrogens is 642 g/mol. The van der Waals surface area contributed by atoms with Crippen LogP contribution >= 0.6 is 0 Å². The summed E-state index contributed by atoms with van der Waals surface area (Å²) in [6.07, 6.45) is 1.51. The normalized spacial score (nSPS) is 14.4. The molecule has 4 amide bonds. The molecule has 0 aliphatic heterocycles. The number of Topliss-reactive ketones (excluding diaryl/α,β-unsaturated/α-hetero) is 2. The van der Waals surface area contributed by atoms with Crippen molar-refractivity contribution in [2.75, 3.05) is 34.3 Å². The minimum atomic E-state index is -1.32. The Morgan fingerprint density at radius 1 is 0.740 bits per heavy atom. The number of quaternary nitrogens is 1. The lowest BCUT2D eigenvalue weighted by molar-refractivity contribution is -0.870. The molecule has 0 unspecified atom stereocenters. The van der Waals surface area contributed by atoms with E-state index in [9.17, 15) is 39.0 Å². The molecule has 0 bridgehead atoms. The third-order valence-electron chi connectivity index (χ3n) is 8.38. The molecule has 0 saturated carbocycles. The summed E-state index contributed by atoms with van der Waals surface area (Å²) < 4.78 is 0.712. The Hall–Kier alpha value is -4.62. The number of unbranched alkanes of at least 4 members (excludes halogenated alkanes) is 1. The van der Waals surface area contributed by atoms with E-state index in [0.717, 1.165) is 18.5 Å². The number of aromatic hydroxyl groups is 1. The number of phenolic OH excluding ortho intramolecular Hbond substituents is 1. The van der Waals surface area contributed by atoms with Gasteiger partial charge in [0.15, 0.2) is 11.6 Å². The topological polar surface area (TPSA) is 205 Å². The van der Waals surface area contributed by atoms with Gasteiger partial charge in [-0.2, -0.15) is 0 Å². The third-order valence-corrected chi connectivity index (χ3v) is 8.38. The van der Waals surface area contributed by atoms with Gasteiger partial charge in [0.25, 0.3) is 0 Å². The number of nitrogens with one attached hydrogen (secondary N) is 3. The smallest absolute Gasteiger partial charge is 0.242 e. The highest BCUT2D eigenvalue weighted by Crippen LogP contribution is 2.19. The van der Waals surface area contributed by atoms with Crippen molar-refractivity contribution >= 4 is 35.2 Å². The van der Waals surface area contributed by atoms with Gasteiger partial charge in [-0.25, -0.2) is 0 Å². The van der Waals surface area contributed by atoms with Gasteiger partial charge in [-0.15, -0.1) is 0 Å². The summed E-state index contributed by atoms with van der Waals surface area (Å²) in [5.41, 5.74) is 6.79. The lowest BCUT2D eigenvalue weighted by Crippen LogP contribution is -2.50. The summed E-state index contributed by atoms with van der Waals surface area (Å²) in [7, 11) is 6.13. The Labute approximate surface area is 294 Å². The first-order valence-electron chi connectivity index (χ1n) is 16.9. The zero-order chi connectivity index (χ0) is 37.4. The lowest BCUT2D eigenvalue weighted by atomic mass is 9.89. The number of hydrogen-bond donors (Lipinski definition) is 6. The molecule has 5 atom stereocenters. The number of primary amides is 1. The first kappa shape index (κ1) is 41.6. The predicted molar refractivity (Wildman–Crippen MR) is 188 cm³/mol. The maximum Gasteiger partial charge on any atom is 0.242 e. The van der Waals surface area contributed by atoms with Crippen molar-refractivity contribution in [2.24, 2.45) is 17.6 Å². The SMILES string of the molecule is CC(=O)N[C@@H](Cc1ccccc1)C(=O)C[C@@H](C)C(=O)N[C@@H](Cc1ccc(O)cc1)C(=O)C[C@@H](CCCC[N+](C)(C)C)C(=O)N[C@@H](CO)C(N)=O. The Kier molecular flexibility index (Phi) is 16.7. The molecule has 50 heavy (non-hydrogen) atoms. The summed E-state index contributed by atoms with van der Waals surface area (Å²) in [4.78, 5) is 77.7. The van der Waals surface area contributed by atoms with Crippen LogP contribution in [0, 0.1) is 11.8 Å². The summed E-state index contributed by atoms with van der Waals surface area (Å²) in [5, 5.41) is 27.2. The molecule has 13 heteroatoms. The molecule has 2 aromatic carbocycles. The van der Waals surface area contributed by atoms with Crippen LogP contribution in [0.25, 0.3) is 0 Å². The van der Waals surface area contributed by atoms with E-state index in [-0.39, 0.29) is 43.1 Å². The Morgan fingerprint density at radius 2 is 1.28 bits per heavy atom. The third kappa shape index (κ3) is 15.3. The zero-order valence-electron chi connectivity index (χ0n) is 29.8. The van der Waals surface area contributed by atoms with Crippen LogP contribution in [-0.4, -0.2) is 102 Å². The van der Waals surface area contributed by atoms with E-state index in [4.69, 9.17) is 5.73 Å². The molecule has 7 N–H and O–H groups in total. The maximum absolute atomic E-state index is 13.9. The number of benzene rings is 2. The van der Waals surface area contributed by atoms with Crippen molar-refractivity contribution in [1.29, 1.82) is 0 Å². The molecule has 274 valence electrons. The van der Waals surface area contributed by atoms with Crippen LogP contribution in [-0.2, 0) is 41.6 Å². The van der Waals surface area contributed by atoms with E-state index in [1.807, 2.05) is 51.5 Å². The Bertz CT molecular complexity index is 1440. The fraction of sp³-hybridized carbons (Fsp3) is 0.514. The molecule has 0 aliphatic rings. The van der Waals surface area contributed by atoms with E-state index >= 15 is 0 Å². The largest absolute Gasteiger partial charge is 0.508 e. The predicted octanol–water partition coefficient (Wildman–Crippen LogP) is 1.18. The van der Waals surface area contributed by atoms with Crippen LogP contribution in [0.15, 0.2) is 54.6 Å². The van der Waals surface area contributed by atoms with Crippen LogP contribution in [0.5, 0.6) is 5.75 Å². The van der Waals surface area contributed by atoms with Crippen LogP contribution in [0.2, 0.25) is 0 Å². The molecular formula is C37H54N5O8+. The van der Waals surface area contributed by atoms with Crippen molar-refractivity contribution in [3.05, 3.63) is 65.7 Å². The molecule has 0 heterocycles. The van der Waals surface area contributed by atoms with E-state index in [2.05, 4.69) is 16.0 Å². The van der Waals surface area contributed by atoms with Crippen molar-refractivity contribution in [3.8, 4) is 5.75 Å².